The molecule has 0 aromatic heterocycles. The third-order valence-electron chi connectivity index (χ3n) is 2.95. The van der Waals surface area contributed by atoms with Crippen LogP contribution in [0.4, 0.5) is 0 Å². The molecule has 0 radical (unpaired) electrons. The molecule has 0 saturated heterocycles. The molecule has 0 aliphatic carbocycles. The second-order valence-electron chi connectivity index (χ2n) is 6.20. The normalized spacial score (nSPS) is 12.7. The van der Waals surface area contributed by atoms with Gasteiger partial charge in [0.2, 0.25) is 10.0 Å². The van der Waals surface area contributed by atoms with E-state index in [9.17, 15) is 18.3 Å². The maximum atomic E-state index is 12.6. The first kappa shape index (κ1) is 18.1. The van der Waals surface area contributed by atoms with Gasteiger partial charge in [0.25, 0.3) is 0 Å². The van der Waals surface area contributed by atoms with Crippen molar-refractivity contribution in [3.63, 3.8) is 0 Å². The van der Waals surface area contributed by atoms with E-state index in [4.69, 9.17) is 0 Å². The Balaban J connectivity index is 3.36. The van der Waals surface area contributed by atoms with E-state index in [0.29, 0.717) is 16.6 Å². The first-order valence-electron chi connectivity index (χ1n) is 6.36. The summed E-state index contributed by atoms with van der Waals surface area (Å²) >= 11 is 3.22. The molecule has 0 atom stereocenters. The van der Waals surface area contributed by atoms with Gasteiger partial charge in [0.05, 0.1) is 10.5 Å². The molecule has 0 amide bonds. The second kappa shape index (κ2) is 6.06. The van der Waals surface area contributed by atoms with Crippen molar-refractivity contribution >= 4 is 31.9 Å². The minimum Gasteiger partial charge on any atom is -0.478 e. The lowest BCUT2D eigenvalue weighted by atomic mass is 9.97. The molecule has 118 valence electrons. The predicted molar refractivity (Wildman–Crippen MR) is 85.1 cm³/mol. The molecule has 0 bridgehead atoms. The molecule has 0 fully saturated rings. The van der Waals surface area contributed by atoms with Crippen molar-refractivity contribution < 1.29 is 18.3 Å². The third-order valence-corrected chi connectivity index (χ3v) is 5.56. The Kier molecular flexibility index (Phi) is 5.23. The Morgan fingerprint density at radius 2 is 1.86 bits per heavy atom. The number of benzene rings is 1. The van der Waals surface area contributed by atoms with Gasteiger partial charge in [-0.25, -0.2) is 17.5 Å². The molecular formula is C14H20BrNO4S. The number of nitrogens with zero attached hydrogens (tertiary/aromatic N) is 1. The molecule has 1 aromatic carbocycles. The molecular weight excluding hydrogens is 358 g/mol. The van der Waals surface area contributed by atoms with Crippen LogP contribution in [0.3, 0.4) is 0 Å². The van der Waals surface area contributed by atoms with E-state index in [2.05, 4.69) is 15.9 Å². The van der Waals surface area contributed by atoms with Crippen LogP contribution in [-0.2, 0) is 10.0 Å². The molecule has 1 aromatic rings. The van der Waals surface area contributed by atoms with Crippen molar-refractivity contribution in [1.82, 2.24) is 4.31 Å². The lowest BCUT2D eigenvalue weighted by Gasteiger charge is -2.26. The largest absolute Gasteiger partial charge is 0.478 e. The van der Waals surface area contributed by atoms with Crippen LogP contribution in [0.5, 0.6) is 0 Å². The highest BCUT2D eigenvalue weighted by Gasteiger charge is 2.27. The molecule has 0 aliphatic heterocycles. The van der Waals surface area contributed by atoms with Gasteiger partial charge in [-0.05, 0) is 30.0 Å². The van der Waals surface area contributed by atoms with Crippen molar-refractivity contribution in [3.8, 4) is 0 Å². The Labute approximate surface area is 134 Å². The van der Waals surface area contributed by atoms with E-state index >= 15 is 0 Å². The van der Waals surface area contributed by atoms with E-state index in [1.54, 1.807) is 6.92 Å². The average molecular weight is 378 g/mol. The lowest BCUT2D eigenvalue weighted by Crippen LogP contribution is -2.34. The molecule has 7 heteroatoms. The average Bonchev–Trinajstić information content (AvgIpc) is 2.29. The number of aromatic carboxylic acids is 1. The minimum atomic E-state index is -3.73. The molecule has 0 spiro atoms. The SMILES string of the molecule is Cc1c(Br)cc(S(=O)(=O)N(C)CC(C)(C)C)cc1C(=O)O. The fraction of sp³-hybridized carbons (Fsp3) is 0.500. The number of hydrogen-bond acceptors (Lipinski definition) is 3. The van der Waals surface area contributed by atoms with Gasteiger partial charge in [-0.1, -0.05) is 36.7 Å². The Morgan fingerprint density at radius 3 is 2.29 bits per heavy atom. The third kappa shape index (κ3) is 4.28. The first-order chi connectivity index (χ1) is 9.36. The summed E-state index contributed by atoms with van der Waals surface area (Å²) in [7, 11) is -2.23. The van der Waals surface area contributed by atoms with E-state index < -0.39 is 16.0 Å². The Hall–Kier alpha value is -0.920. The van der Waals surface area contributed by atoms with E-state index in [1.165, 1.54) is 23.5 Å². The standard InChI is InChI=1S/C14H20BrNO4S/c1-9-11(13(17)18)6-10(7-12(9)15)21(19,20)16(5)8-14(2,3)4/h6-7H,8H2,1-5H3,(H,17,18). The fourth-order valence-corrected chi connectivity index (χ4v) is 4.02. The second-order valence-corrected chi connectivity index (χ2v) is 9.10. The fourth-order valence-electron chi connectivity index (χ4n) is 1.96. The number of rotatable bonds is 4. The van der Waals surface area contributed by atoms with Crippen LogP contribution in [0.1, 0.15) is 36.7 Å². The van der Waals surface area contributed by atoms with E-state index in [1.807, 2.05) is 20.8 Å². The zero-order valence-electron chi connectivity index (χ0n) is 12.8. The summed E-state index contributed by atoms with van der Waals surface area (Å²) in [6.45, 7) is 7.78. The summed E-state index contributed by atoms with van der Waals surface area (Å²) in [6, 6.07) is 2.65. The van der Waals surface area contributed by atoms with Gasteiger partial charge in [0.1, 0.15) is 0 Å². The van der Waals surface area contributed by atoms with Gasteiger partial charge in [-0.2, -0.15) is 0 Å². The van der Waals surface area contributed by atoms with Crippen molar-refractivity contribution in [1.29, 1.82) is 0 Å². The lowest BCUT2D eigenvalue weighted by molar-refractivity contribution is 0.0695. The van der Waals surface area contributed by atoms with Gasteiger partial charge in [-0.3, -0.25) is 0 Å². The monoisotopic (exact) mass is 377 g/mol. The number of carboxylic acid groups (broad SMARTS) is 1. The Morgan fingerprint density at radius 1 is 1.33 bits per heavy atom. The van der Waals surface area contributed by atoms with Crippen LogP contribution in [0.2, 0.25) is 0 Å². The van der Waals surface area contributed by atoms with Gasteiger partial charge in [-0.15, -0.1) is 0 Å². The predicted octanol–water partition coefficient (Wildman–Crippen LogP) is 3.12. The molecule has 0 aliphatic rings. The summed E-state index contributed by atoms with van der Waals surface area (Å²) in [5, 5.41) is 9.18. The smallest absolute Gasteiger partial charge is 0.336 e. The minimum absolute atomic E-state index is 0.0212. The van der Waals surface area contributed by atoms with Gasteiger partial charge in [0, 0.05) is 18.1 Å². The van der Waals surface area contributed by atoms with Gasteiger partial charge in [0.15, 0.2) is 0 Å². The highest BCUT2D eigenvalue weighted by molar-refractivity contribution is 9.10. The Bertz CT molecular complexity index is 662. The maximum absolute atomic E-state index is 12.6. The first-order valence-corrected chi connectivity index (χ1v) is 8.59. The van der Waals surface area contributed by atoms with Crippen molar-refractivity contribution in [2.24, 2.45) is 5.41 Å². The highest BCUT2D eigenvalue weighted by atomic mass is 79.9. The maximum Gasteiger partial charge on any atom is 0.336 e. The van der Waals surface area contributed by atoms with Crippen molar-refractivity contribution in [2.75, 3.05) is 13.6 Å². The molecule has 1 N–H and O–H groups in total. The number of sulfonamides is 1. The summed E-state index contributed by atoms with van der Waals surface area (Å²) in [6.07, 6.45) is 0. The van der Waals surface area contributed by atoms with Gasteiger partial charge >= 0.3 is 5.97 Å². The van der Waals surface area contributed by atoms with E-state index in [0.717, 1.165) is 0 Å². The number of hydrogen-bond donors (Lipinski definition) is 1. The van der Waals surface area contributed by atoms with E-state index in [-0.39, 0.29) is 15.9 Å². The van der Waals surface area contributed by atoms with Crippen molar-refractivity contribution in [2.45, 2.75) is 32.6 Å². The van der Waals surface area contributed by atoms with Crippen LogP contribution in [0, 0.1) is 12.3 Å². The topological polar surface area (TPSA) is 74.7 Å². The van der Waals surface area contributed by atoms with Crippen LogP contribution >= 0.6 is 15.9 Å². The summed E-state index contributed by atoms with van der Waals surface area (Å²) in [4.78, 5) is 11.2. The van der Waals surface area contributed by atoms with Gasteiger partial charge < -0.3 is 5.11 Å². The molecule has 0 saturated carbocycles. The zero-order valence-corrected chi connectivity index (χ0v) is 15.2. The van der Waals surface area contributed by atoms with Crippen molar-refractivity contribution in [3.05, 3.63) is 27.7 Å². The summed E-state index contributed by atoms with van der Waals surface area (Å²) < 4.78 is 26.8. The highest BCUT2D eigenvalue weighted by Crippen LogP contribution is 2.27. The summed E-state index contributed by atoms with van der Waals surface area (Å²) in [5.74, 6) is -1.15. The number of carbonyl (C=O) groups is 1. The van der Waals surface area contributed by atoms with Crippen LogP contribution in [0.15, 0.2) is 21.5 Å². The van der Waals surface area contributed by atoms with Crippen LogP contribution in [0.25, 0.3) is 0 Å². The quantitative estimate of drug-likeness (QED) is 0.874. The van der Waals surface area contributed by atoms with Crippen LogP contribution in [-0.4, -0.2) is 37.4 Å². The summed E-state index contributed by atoms with van der Waals surface area (Å²) in [5.41, 5.74) is 0.284. The van der Waals surface area contributed by atoms with Crippen LogP contribution < -0.4 is 0 Å². The number of halogens is 1. The molecule has 0 unspecified atom stereocenters. The number of carboxylic acids is 1. The zero-order chi connectivity index (χ0) is 16.6. The molecule has 0 heterocycles. The molecule has 5 nitrogen and oxygen atoms in total. The molecule has 1 rings (SSSR count). The molecule has 21 heavy (non-hydrogen) atoms.